The summed E-state index contributed by atoms with van der Waals surface area (Å²) in [6.45, 7) is 3.76. The first-order chi connectivity index (χ1) is 13.1. The van der Waals surface area contributed by atoms with Crippen molar-refractivity contribution in [2.45, 2.75) is 31.2 Å². The molecule has 1 N–H and O–H groups in total. The van der Waals surface area contributed by atoms with Gasteiger partial charge in [-0.3, -0.25) is 4.79 Å². The van der Waals surface area contributed by atoms with E-state index in [2.05, 4.69) is 20.1 Å². The minimum atomic E-state index is -0.111. The van der Waals surface area contributed by atoms with Crippen LogP contribution in [0.15, 0.2) is 32.7 Å². The molecule has 0 atom stereocenters. The molecule has 8 nitrogen and oxygen atoms in total. The number of nitrogens with zero attached hydrogens (tertiary/aromatic N) is 3. The third-order valence-corrected chi connectivity index (χ3v) is 4.86. The average molecular weight is 388 g/mol. The zero-order valence-corrected chi connectivity index (χ0v) is 16.3. The number of aryl methyl sites for hydroxylation is 1. The fourth-order valence-electron chi connectivity index (χ4n) is 2.69. The summed E-state index contributed by atoms with van der Waals surface area (Å²) in [5.41, 5.74) is 1.99. The maximum atomic E-state index is 12.0. The topological polar surface area (TPSA) is 103 Å². The fourth-order valence-corrected chi connectivity index (χ4v) is 3.43. The van der Waals surface area contributed by atoms with Crippen molar-refractivity contribution in [3.8, 4) is 22.9 Å². The van der Waals surface area contributed by atoms with Gasteiger partial charge in [-0.05, 0) is 25.5 Å². The van der Waals surface area contributed by atoms with Crippen molar-refractivity contribution in [1.82, 2.24) is 20.1 Å². The number of hydrogen-bond acceptors (Lipinski definition) is 8. The molecule has 142 valence electrons. The van der Waals surface area contributed by atoms with Gasteiger partial charge >= 0.3 is 0 Å². The third kappa shape index (κ3) is 3.97. The first-order valence-electron chi connectivity index (χ1n) is 8.33. The molecule has 0 saturated heterocycles. The fraction of sp³-hybridized carbons (Fsp3) is 0.333. The van der Waals surface area contributed by atoms with Crippen LogP contribution in [0.1, 0.15) is 24.1 Å². The van der Waals surface area contributed by atoms with Crippen LogP contribution in [0.4, 0.5) is 0 Å². The molecule has 0 radical (unpaired) electrons. The molecule has 0 unspecified atom stereocenters. The zero-order valence-electron chi connectivity index (χ0n) is 15.5. The summed E-state index contributed by atoms with van der Waals surface area (Å²) in [6.07, 6.45) is 0.647. The van der Waals surface area contributed by atoms with Crippen LogP contribution in [0.25, 0.3) is 11.4 Å². The van der Waals surface area contributed by atoms with Crippen LogP contribution in [0, 0.1) is 6.92 Å². The Morgan fingerprint density at radius 2 is 2.04 bits per heavy atom. The van der Waals surface area contributed by atoms with Gasteiger partial charge in [0.1, 0.15) is 0 Å². The Bertz CT molecular complexity index is 999. The molecule has 0 fully saturated rings. The second-order valence-electron chi connectivity index (χ2n) is 5.63. The Morgan fingerprint density at radius 1 is 1.22 bits per heavy atom. The number of aromatic nitrogens is 4. The van der Waals surface area contributed by atoms with Crippen molar-refractivity contribution in [3.63, 3.8) is 0 Å². The van der Waals surface area contributed by atoms with E-state index in [9.17, 15) is 4.79 Å². The summed E-state index contributed by atoms with van der Waals surface area (Å²) in [5.74, 6) is 2.33. The highest BCUT2D eigenvalue weighted by Crippen LogP contribution is 2.36. The highest BCUT2D eigenvalue weighted by molar-refractivity contribution is 7.98. The van der Waals surface area contributed by atoms with Gasteiger partial charge in [0.2, 0.25) is 11.7 Å². The molecule has 2 aromatic heterocycles. The summed E-state index contributed by atoms with van der Waals surface area (Å²) >= 11 is 1.33. The lowest BCUT2D eigenvalue weighted by molar-refractivity contribution is 0.355. The number of ether oxygens (including phenoxy) is 2. The van der Waals surface area contributed by atoms with Crippen molar-refractivity contribution in [2.75, 3.05) is 14.2 Å². The van der Waals surface area contributed by atoms with Crippen molar-refractivity contribution >= 4 is 11.8 Å². The molecular weight excluding hydrogens is 368 g/mol. The molecule has 1 aromatic carbocycles. The van der Waals surface area contributed by atoms with Gasteiger partial charge in [0, 0.05) is 11.3 Å². The monoisotopic (exact) mass is 388 g/mol. The van der Waals surface area contributed by atoms with Crippen molar-refractivity contribution < 1.29 is 14.0 Å². The van der Waals surface area contributed by atoms with Gasteiger partial charge in [0.15, 0.2) is 16.7 Å². The highest BCUT2D eigenvalue weighted by Gasteiger charge is 2.17. The molecule has 2 heterocycles. The Morgan fingerprint density at radius 3 is 2.70 bits per heavy atom. The number of nitrogens with one attached hydrogen (secondary N) is 1. The predicted octanol–water partition coefficient (Wildman–Crippen LogP) is 3.00. The van der Waals surface area contributed by atoms with E-state index in [0.717, 1.165) is 5.69 Å². The summed E-state index contributed by atoms with van der Waals surface area (Å²) in [7, 11) is 3.13. The molecule has 27 heavy (non-hydrogen) atoms. The molecule has 0 aliphatic carbocycles. The van der Waals surface area contributed by atoms with E-state index < -0.39 is 0 Å². The minimum Gasteiger partial charge on any atom is -0.493 e. The predicted molar refractivity (Wildman–Crippen MR) is 101 cm³/mol. The number of H-pyrrole nitrogens is 1. The minimum absolute atomic E-state index is 0.111. The third-order valence-electron chi connectivity index (χ3n) is 4.00. The van der Waals surface area contributed by atoms with Gasteiger partial charge in [0.05, 0.1) is 25.5 Å². The Labute approximate surface area is 160 Å². The maximum absolute atomic E-state index is 12.0. The van der Waals surface area contributed by atoms with Gasteiger partial charge in [-0.15, -0.1) is 0 Å². The van der Waals surface area contributed by atoms with Crippen molar-refractivity contribution in [3.05, 3.63) is 45.7 Å². The first kappa shape index (κ1) is 19.0. The standard InChI is InChI=1S/C18H20N4O4S/c1-5-11-10(2)19-18(21-17(11)23)27-9-14-20-16(22-26-14)12-7-6-8-13(24-3)15(12)25-4/h6-8H,5,9H2,1-4H3,(H,19,21,23). The smallest absolute Gasteiger partial charge is 0.254 e. The molecule has 0 spiro atoms. The number of rotatable bonds is 7. The second kappa shape index (κ2) is 8.26. The lowest BCUT2D eigenvalue weighted by Crippen LogP contribution is -2.16. The molecule has 0 aliphatic heterocycles. The summed E-state index contributed by atoms with van der Waals surface area (Å²) in [6, 6.07) is 5.45. The van der Waals surface area contributed by atoms with Crippen LogP contribution in [-0.2, 0) is 12.2 Å². The average Bonchev–Trinajstić information content (AvgIpc) is 3.14. The van der Waals surface area contributed by atoms with E-state index in [4.69, 9.17) is 14.0 Å². The van der Waals surface area contributed by atoms with E-state index in [1.165, 1.54) is 11.8 Å². The Balaban J connectivity index is 1.79. The number of methoxy groups -OCH3 is 2. The van der Waals surface area contributed by atoms with E-state index in [1.807, 2.05) is 26.0 Å². The highest BCUT2D eigenvalue weighted by atomic mass is 32.2. The molecule has 0 bridgehead atoms. The van der Waals surface area contributed by atoms with Gasteiger partial charge in [-0.25, -0.2) is 4.98 Å². The van der Waals surface area contributed by atoms with Gasteiger partial charge in [0.25, 0.3) is 5.56 Å². The van der Waals surface area contributed by atoms with Gasteiger partial charge in [-0.1, -0.05) is 29.9 Å². The summed E-state index contributed by atoms with van der Waals surface area (Å²) < 4.78 is 16.0. The Hall–Kier alpha value is -2.81. The van der Waals surface area contributed by atoms with Crippen molar-refractivity contribution in [2.24, 2.45) is 0 Å². The van der Waals surface area contributed by atoms with Gasteiger partial charge < -0.3 is 19.0 Å². The lowest BCUT2D eigenvalue weighted by atomic mass is 10.2. The van der Waals surface area contributed by atoms with E-state index in [1.54, 1.807) is 20.3 Å². The largest absolute Gasteiger partial charge is 0.493 e. The molecule has 3 aromatic rings. The molecule has 0 saturated carbocycles. The van der Waals surface area contributed by atoms with Crippen LogP contribution in [0.5, 0.6) is 11.5 Å². The van der Waals surface area contributed by atoms with Crippen LogP contribution in [0.2, 0.25) is 0 Å². The Kier molecular flexibility index (Phi) is 5.80. The van der Waals surface area contributed by atoms with Crippen molar-refractivity contribution in [1.29, 1.82) is 0 Å². The van der Waals surface area contributed by atoms with E-state index in [0.29, 0.717) is 51.7 Å². The normalized spacial score (nSPS) is 10.8. The van der Waals surface area contributed by atoms with Gasteiger partial charge in [-0.2, -0.15) is 4.98 Å². The number of para-hydroxylation sites is 1. The van der Waals surface area contributed by atoms with Crippen LogP contribution in [0.3, 0.4) is 0 Å². The van der Waals surface area contributed by atoms with Crippen LogP contribution in [-0.4, -0.2) is 34.3 Å². The quantitative estimate of drug-likeness (QED) is 0.487. The lowest BCUT2D eigenvalue weighted by Gasteiger charge is -2.09. The first-order valence-corrected chi connectivity index (χ1v) is 9.32. The number of thioether (sulfide) groups is 1. The van der Waals surface area contributed by atoms with Crippen LogP contribution < -0.4 is 15.0 Å². The van der Waals surface area contributed by atoms with E-state index in [-0.39, 0.29) is 5.56 Å². The SMILES string of the molecule is CCc1c(C)nc(SCc2nc(-c3cccc(OC)c3OC)no2)[nH]c1=O. The van der Waals surface area contributed by atoms with Crippen LogP contribution >= 0.6 is 11.8 Å². The summed E-state index contributed by atoms with van der Waals surface area (Å²) in [5, 5.41) is 4.54. The molecular formula is C18H20N4O4S. The molecule has 0 amide bonds. The van der Waals surface area contributed by atoms with E-state index >= 15 is 0 Å². The zero-order chi connectivity index (χ0) is 19.4. The molecule has 0 aliphatic rings. The second-order valence-corrected chi connectivity index (χ2v) is 6.59. The molecule has 9 heteroatoms. The maximum Gasteiger partial charge on any atom is 0.254 e. The number of hydrogen-bond donors (Lipinski definition) is 1. The number of aromatic amines is 1. The number of benzene rings is 1. The molecule has 3 rings (SSSR count). The summed E-state index contributed by atoms with van der Waals surface area (Å²) in [4.78, 5) is 23.6.